The summed E-state index contributed by atoms with van der Waals surface area (Å²) in [7, 11) is 1.39. The standard InChI is InChI=1S/C41H42ClN7O5/c1-47(41(52)53)36(29-7-2-3-8-30(29)42)40(51)49-21-5-10-34(49)38-44-24-32(46-38)28-18-14-26(15-19-28)25-12-16-27(17-13-25)31-23-43-37(45-31)33-9-4-20-48(33)39(50)35-11-6-22-54-35/h2-3,7-8,12-19,23-24,33-36H,4-6,9-11,20-22H2,1H3,(H,43,45)(H,44,46)(H,52,53)/t33-,34-,35?,36+/m0/s1. The number of hydrogen-bond acceptors (Lipinski definition) is 6. The summed E-state index contributed by atoms with van der Waals surface area (Å²) in [6.45, 7) is 1.87. The predicted octanol–water partition coefficient (Wildman–Crippen LogP) is 7.64. The highest BCUT2D eigenvalue weighted by Gasteiger charge is 2.40. The van der Waals surface area contributed by atoms with Crippen LogP contribution in [0.15, 0.2) is 85.2 Å². The Hall–Kier alpha value is -5.46. The number of nitrogens with one attached hydrogen (secondary N) is 2. The number of carbonyl (C=O) groups is 3. The fourth-order valence-corrected chi connectivity index (χ4v) is 8.29. The maximum Gasteiger partial charge on any atom is 0.407 e. The highest BCUT2D eigenvalue weighted by molar-refractivity contribution is 6.31. The summed E-state index contributed by atoms with van der Waals surface area (Å²) in [5, 5.41) is 10.2. The van der Waals surface area contributed by atoms with Crippen molar-refractivity contribution in [3.63, 3.8) is 0 Å². The van der Waals surface area contributed by atoms with Crippen molar-refractivity contribution in [1.82, 2.24) is 34.6 Å². The van der Waals surface area contributed by atoms with Crippen molar-refractivity contribution in [2.24, 2.45) is 0 Å². The molecule has 0 saturated carbocycles. The molecule has 3 N–H and O–H groups in total. The number of rotatable bonds is 9. The Labute approximate surface area is 318 Å². The first-order valence-electron chi connectivity index (χ1n) is 18.5. The Morgan fingerprint density at radius 1 is 0.778 bits per heavy atom. The molecule has 3 aromatic carbocycles. The highest BCUT2D eigenvalue weighted by Crippen LogP contribution is 2.38. The van der Waals surface area contributed by atoms with Crippen LogP contribution in [-0.2, 0) is 14.3 Å². The first-order valence-corrected chi connectivity index (χ1v) is 18.9. The van der Waals surface area contributed by atoms with Crippen molar-refractivity contribution in [3.8, 4) is 33.6 Å². The smallest absolute Gasteiger partial charge is 0.407 e. The number of aromatic amines is 2. The molecule has 0 radical (unpaired) electrons. The summed E-state index contributed by atoms with van der Waals surface area (Å²) in [6.07, 6.45) is 7.11. The topological polar surface area (TPSA) is 148 Å². The lowest BCUT2D eigenvalue weighted by Gasteiger charge is -2.32. The van der Waals surface area contributed by atoms with Gasteiger partial charge in [0, 0.05) is 37.3 Å². The van der Waals surface area contributed by atoms with Gasteiger partial charge in [-0.25, -0.2) is 14.8 Å². The lowest BCUT2D eigenvalue weighted by molar-refractivity contribution is -0.142. The summed E-state index contributed by atoms with van der Waals surface area (Å²) in [5.41, 5.74) is 6.28. The number of amides is 3. The van der Waals surface area contributed by atoms with E-state index in [0.29, 0.717) is 36.0 Å². The average Bonchev–Trinajstić information content (AvgIpc) is 4.05. The Morgan fingerprint density at radius 2 is 1.31 bits per heavy atom. The van der Waals surface area contributed by atoms with E-state index in [1.165, 1.54) is 7.05 Å². The number of halogens is 1. The zero-order valence-corrected chi connectivity index (χ0v) is 30.7. The molecule has 12 nitrogen and oxygen atoms in total. The van der Waals surface area contributed by atoms with Gasteiger partial charge in [-0.15, -0.1) is 0 Å². The molecule has 0 spiro atoms. The van der Waals surface area contributed by atoms with Gasteiger partial charge >= 0.3 is 6.09 Å². The van der Waals surface area contributed by atoms with Crippen LogP contribution < -0.4 is 0 Å². The first kappa shape index (κ1) is 35.6. The Balaban J connectivity index is 0.941. The summed E-state index contributed by atoms with van der Waals surface area (Å²) in [5.74, 6) is 1.21. The number of ether oxygens (including phenoxy) is 1. The first-order chi connectivity index (χ1) is 26.3. The molecular weight excluding hydrogens is 706 g/mol. The number of benzene rings is 3. The molecule has 278 valence electrons. The summed E-state index contributed by atoms with van der Waals surface area (Å²) in [4.78, 5) is 60.1. The quantitative estimate of drug-likeness (QED) is 0.140. The fraction of sp³-hybridized carbons (Fsp3) is 0.341. The van der Waals surface area contributed by atoms with Gasteiger partial charge < -0.3 is 29.6 Å². The van der Waals surface area contributed by atoms with Gasteiger partial charge in [-0.1, -0.05) is 78.3 Å². The summed E-state index contributed by atoms with van der Waals surface area (Å²) in [6, 6.07) is 21.9. The molecule has 3 fully saturated rings. The van der Waals surface area contributed by atoms with Crippen molar-refractivity contribution >= 4 is 29.5 Å². The molecule has 4 atom stereocenters. The maximum absolute atomic E-state index is 14.0. The second-order valence-corrected chi connectivity index (χ2v) is 14.6. The predicted molar refractivity (Wildman–Crippen MR) is 203 cm³/mol. The van der Waals surface area contributed by atoms with Crippen molar-refractivity contribution in [3.05, 3.63) is 107 Å². The minimum Gasteiger partial charge on any atom is -0.465 e. The Bertz CT molecular complexity index is 2140. The van der Waals surface area contributed by atoms with Crippen LogP contribution in [0.2, 0.25) is 5.02 Å². The molecular formula is C41H42ClN7O5. The largest absolute Gasteiger partial charge is 0.465 e. The monoisotopic (exact) mass is 747 g/mol. The molecule has 13 heteroatoms. The number of likely N-dealkylation sites (N-methyl/N-ethyl adjacent to an activating group) is 1. The van der Waals surface area contributed by atoms with E-state index in [4.69, 9.17) is 16.3 Å². The van der Waals surface area contributed by atoms with Gasteiger partial charge in [-0.05, 0) is 66.8 Å². The molecule has 5 heterocycles. The van der Waals surface area contributed by atoms with E-state index in [1.54, 1.807) is 35.4 Å². The van der Waals surface area contributed by atoms with Crippen molar-refractivity contribution in [1.29, 1.82) is 0 Å². The third-order valence-corrected chi connectivity index (χ3v) is 11.3. The molecule has 54 heavy (non-hydrogen) atoms. The number of carbonyl (C=O) groups excluding carboxylic acids is 2. The summed E-state index contributed by atoms with van der Waals surface area (Å²) >= 11 is 6.45. The van der Waals surface area contributed by atoms with Crippen LogP contribution in [0.25, 0.3) is 33.6 Å². The molecule has 5 aromatic rings. The van der Waals surface area contributed by atoms with Crippen LogP contribution in [0, 0.1) is 0 Å². The van der Waals surface area contributed by atoms with E-state index in [0.717, 1.165) is 83.0 Å². The van der Waals surface area contributed by atoms with Crippen LogP contribution in [0.1, 0.15) is 73.9 Å². The van der Waals surface area contributed by atoms with Gasteiger partial charge in [0.25, 0.3) is 11.8 Å². The van der Waals surface area contributed by atoms with E-state index >= 15 is 0 Å². The average molecular weight is 748 g/mol. The van der Waals surface area contributed by atoms with Gasteiger partial charge in [0.15, 0.2) is 0 Å². The number of hydrogen-bond donors (Lipinski definition) is 3. The second kappa shape index (κ2) is 15.1. The lowest BCUT2D eigenvalue weighted by Crippen LogP contribution is -2.43. The van der Waals surface area contributed by atoms with Crippen LogP contribution in [-0.4, -0.2) is 90.5 Å². The normalized spacial score (nSPS) is 20.4. The van der Waals surface area contributed by atoms with Crippen molar-refractivity contribution in [2.45, 2.75) is 62.8 Å². The van der Waals surface area contributed by atoms with Crippen LogP contribution in [0.4, 0.5) is 4.79 Å². The van der Waals surface area contributed by atoms with E-state index in [1.807, 2.05) is 23.2 Å². The zero-order chi connectivity index (χ0) is 37.3. The van der Waals surface area contributed by atoms with Gasteiger partial charge in [0.05, 0.1) is 35.9 Å². The van der Waals surface area contributed by atoms with Crippen LogP contribution >= 0.6 is 11.6 Å². The molecule has 3 aliphatic heterocycles. The maximum atomic E-state index is 14.0. The number of carboxylic acid groups (broad SMARTS) is 1. The highest BCUT2D eigenvalue weighted by atomic mass is 35.5. The van der Waals surface area contributed by atoms with Gasteiger partial charge in [-0.2, -0.15) is 0 Å². The minimum atomic E-state index is -1.22. The van der Waals surface area contributed by atoms with E-state index in [-0.39, 0.29) is 30.0 Å². The third kappa shape index (κ3) is 6.87. The van der Waals surface area contributed by atoms with Crippen LogP contribution in [0.5, 0.6) is 0 Å². The number of likely N-dealkylation sites (tertiary alicyclic amines) is 2. The molecule has 3 amide bonds. The zero-order valence-electron chi connectivity index (χ0n) is 30.0. The van der Waals surface area contributed by atoms with Gasteiger partial charge in [0.2, 0.25) is 0 Å². The Morgan fingerprint density at radius 3 is 1.85 bits per heavy atom. The Kier molecular flexibility index (Phi) is 9.95. The van der Waals surface area contributed by atoms with Crippen molar-refractivity contribution < 1.29 is 24.2 Å². The molecule has 3 aliphatic rings. The second-order valence-electron chi connectivity index (χ2n) is 14.2. The van der Waals surface area contributed by atoms with E-state index in [2.05, 4.69) is 56.3 Å². The molecule has 0 bridgehead atoms. The van der Waals surface area contributed by atoms with Gasteiger partial charge in [-0.3, -0.25) is 14.5 Å². The van der Waals surface area contributed by atoms with E-state index in [9.17, 15) is 19.5 Å². The van der Waals surface area contributed by atoms with Crippen molar-refractivity contribution in [2.75, 3.05) is 26.7 Å². The number of imidazole rings is 2. The number of aromatic nitrogens is 4. The van der Waals surface area contributed by atoms with E-state index < -0.39 is 12.1 Å². The molecule has 2 aromatic heterocycles. The van der Waals surface area contributed by atoms with Gasteiger partial charge in [0.1, 0.15) is 23.8 Å². The lowest BCUT2D eigenvalue weighted by atomic mass is 10.0. The molecule has 3 saturated heterocycles. The fourth-order valence-electron chi connectivity index (χ4n) is 8.05. The SMILES string of the molecule is CN(C(=O)O)[C@@H](C(=O)N1CCC[C@H]1c1ncc(-c2ccc(-c3ccc(-c4cnc([C@@H]5CCCN5C(=O)C5CCCO5)[nH]4)cc3)cc2)[nH]1)c1ccccc1Cl. The molecule has 0 aliphatic carbocycles. The number of nitrogens with zero attached hydrogens (tertiary/aromatic N) is 5. The van der Waals surface area contributed by atoms with Crippen LogP contribution in [0.3, 0.4) is 0 Å². The minimum absolute atomic E-state index is 0.0590. The molecule has 1 unspecified atom stereocenters. The molecule has 8 rings (SSSR count). The third-order valence-electron chi connectivity index (χ3n) is 10.9. The summed E-state index contributed by atoms with van der Waals surface area (Å²) < 4.78 is 5.67. The number of H-pyrrole nitrogens is 2.